The van der Waals surface area contributed by atoms with Gasteiger partial charge in [-0.25, -0.2) is 4.79 Å². The van der Waals surface area contributed by atoms with Crippen LogP contribution in [0.4, 0.5) is 0 Å². The molecule has 0 aliphatic carbocycles. The molecule has 3 aromatic rings. The fourth-order valence-electron chi connectivity index (χ4n) is 3.15. The lowest BCUT2D eigenvalue weighted by atomic mass is 10.1. The van der Waals surface area contributed by atoms with Gasteiger partial charge in [0, 0.05) is 12.1 Å². The highest BCUT2D eigenvalue weighted by Crippen LogP contribution is 2.38. The van der Waals surface area contributed by atoms with Gasteiger partial charge in [0.2, 0.25) is 5.75 Å². The first kappa shape index (κ1) is 22.7. The van der Waals surface area contributed by atoms with Crippen LogP contribution >= 0.6 is 0 Å². The number of methoxy groups -OCH3 is 3. The molecule has 1 N–H and O–H groups in total. The maximum atomic E-state index is 12.4. The summed E-state index contributed by atoms with van der Waals surface area (Å²) in [7, 11) is 4.34. The van der Waals surface area contributed by atoms with Gasteiger partial charge in [-0.3, -0.25) is 14.2 Å². The summed E-state index contributed by atoms with van der Waals surface area (Å²) in [6.45, 7) is 0.107. The lowest BCUT2D eigenvalue weighted by Crippen LogP contribution is -2.31. The van der Waals surface area contributed by atoms with Gasteiger partial charge in [0.1, 0.15) is 6.54 Å². The molecule has 1 heterocycles. The second-order valence-electron chi connectivity index (χ2n) is 6.66. The minimum Gasteiger partial charge on any atom is -0.493 e. The topological polar surface area (TPSA) is 118 Å². The number of fused-ring (bicyclic) bond motifs is 1. The first-order valence-corrected chi connectivity index (χ1v) is 9.80. The van der Waals surface area contributed by atoms with Gasteiger partial charge in [-0.2, -0.15) is 0 Å². The molecule has 10 nitrogen and oxygen atoms in total. The Hall–Kier alpha value is -3.95. The van der Waals surface area contributed by atoms with Crippen molar-refractivity contribution in [1.82, 2.24) is 9.88 Å². The first-order chi connectivity index (χ1) is 15.5. The number of oxazole rings is 1. The van der Waals surface area contributed by atoms with Crippen LogP contribution in [0.1, 0.15) is 16.8 Å². The molecule has 0 spiro atoms. The molecule has 3 rings (SSSR count). The molecule has 0 radical (unpaired) electrons. The van der Waals surface area contributed by atoms with Crippen molar-refractivity contribution in [2.45, 2.75) is 13.0 Å². The molecule has 1 aromatic heterocycles. The molecule has 32 heavy (non-hydrogen) atoms. The van der Waals surface area contributed by atoms with Gasteiger partial charge < -0.3 is 28.7 Å². The number of para-hydroxylation sites is 2. The van der Waals surface area contributed by atoms with Crippen molar-refractivity contribution in [3.63, 3.8) is 0 Å². The first-order valence-electron chi connectivity index (χ1n) is 9.80. The van der Waals surface area contributed by atoms with Crippen LogP contribution in [0, 0.1) is 0 Å². The van der Waals surface area contributed by atoms with Gasteiger partial charge in [0.15, 0.2) is 17.1 Å². The van der Waals surface area contributed by atoms with E-state index in [-0.39, 0.29) is 18.7 Å². The number of benzene rings is 2. The molecule has 0 saturated heterocycles. The number of aromatic nitrogens is 1. The number of rotatable bonds is 10. The fraction of sp³-hybridized carbons (Fsp3) is 0.318. The molecule has 2 aromatic carbocycles. The maximum absolute atomic E-state index is 12.4. The second-order valence-corrected chi connectivity index (χ2v) is 6.66. The number of aryl methyl sites for hydroxylation is 1. The number of carbonyl (C=O) groups is 2. The fourth-order valence-corrected chi connectivity index (χ4v) is 3.15. The van der Waals surface area contributed by atoms with Crippen LogP contribution in [-0.4, -0.2) is 50.9 Å². The summed E-state index contributed by atoms with van der Waals surface area (Å²) in [5, 5.41) is 2.49. The van der Waals surface area contributed by atoms with Gasteiger partial charge in [-0.05, 0) is 30.7 Å². The molecule has 0 fully saturated rings. The third-order valence-corrected chi connectivity index (χ3v) is 4.68. The number of esters is 1. The van der Waals surface area contributed by atoms with E-state index in [2.05, 4.69) is 5.32 Å². The van der Waals surface area contributed by atoms with Crippen molar-refractivity contribution in [1.29, 1.82) is 0 Å². The predicted molar refractivity (Wildman–Crippen MR) is 114 cm³/mol. The Morgan fingerprint density at radius 1 is 1.03 bits per heavy atom. The highest BCUT2D eigenvalue weighted by atomic mass is 16.5. The summed E-state index contributed by atoms with van der Waals surface area (Å²) < 4.78 is 27.4. The van der Waals surface area contributed by atoms with Crippen LogP contribution < -0.4 is 25.3 Å². The number of amides is 1. The molecule has 10 heteroatoms. The van der Waals surface area contributed by atoms with E-state index in [9.17, 15) is 14.4 Å². The molecular weight excluding hydrogens is 420 g/mol. The molecule has 0 aliphatic heterocycles. The average Bonchev–Trinajstić information content (AvgIpc) is 3.13. The zero-order valence-electron chi connectivity index (χ0n) is 18.0. The molecule has 1 amide bonds. The molecule has 0 saturated carbocycles. The molecule has 0 aliphatic rings. The number of carbonyl (C=O) groups excluding carboxylic acids is 2. The number of ether oxygens (including phenoxy) is 4. The monoisotopic (exact) mass is 444 g/mol. The van der Waals surface area contributed by atoms with Crippen LogP contribution in [0.25, 0.3) is 11.1 Å². The van der Waals surface area contributed by atoms with E-state index in [1.165, 1.54) is 38.0 Å². The summed E-state index contributed by atoms with van der Waals surface area (Å²) in [5.74, 6) is -0.568. The Morgan fingerprint density at radius 3 is 2.38 bits per heavy atom. The highest BCUT2D eigenvalue weighted by Gasteiger charge is 2.17. The molecule has 170 valence electrons. The minimum absolute atomic E-state index is 0.0881. The van der Waals surface area contributed by atoms with Crippen molar-refractivity contribution in [3.8, 4) is 17.2 Å². The van der Waals surface area contributed by atoms with E-state index >= 15 is 0 Å². The van der Waals surface area contributed by atoms with E-state index in [0.29, 0.717) is 41.3 Å². The van der Waals surface area contributed by atoms with Crippen molar-refractivity contribution in [2.75, 3.05) is 34.5 Å². The smallest absolute Gasteiger partial charge is 0.419 e. The lowest BCUT2D eigenvalue weighted by molar-refractivity contribution is -0.142. The predicted octanol–water partition coefficient (Wildman–Crippen LogP) is 1.98. The van der Waals surface area contributed by atoms with Crippen molar-refractivity contribution in [3.05, 3.63) is 52.5 Å². The molecule has 0 unspecified atom stereocenters. The van der Waals surface area contributed by atoms with Crippen LogP contribution in [-0.2, 0) is 16.1 Å². The Labute approximate surface area is 183 Å². The van der Waals surface area contributed by atoms with E-state index in [1.54, 1.807) is 18.2 Å². The summed E-state index contributed by atoms with van der Waals surface area (Å²) in [6.07, 6.45) is 0.413. The normalized spacial score (nSPS) is 10.6. The summed E-state index contributed by atoms with van der Waals surface area (Å²) in [6, 6.07) is 10.0. The van der Waals surface area contributed by atoms with Gasteiger partial charge in [-0.15, -0.1) is 0 Å². The van der Waals surface area contributed by atoms with E-state index in [0.717, 1.165) is 0 Å². The summed E-state index contributed by atoms with van der Waals surface area (Å²) in [4.78, 5) is 36.3. The SMILES string of the molecule is COc1cc(C(=O)NCC(=O)OCCCn2c(=O)oc3ccccc32)cc(OC)c1OC. The number of nitrogens with one attached hydrogen (secondary N) is 1. The standard InChI is InChI=1S/C22H24N2O8/c1-28-17-11-14(12-18(29-2)20(17)30-3)21(26)23-13-19(25)31-10-6-9-24-15-7-4-5-8-16(15)32-22(24)27/h4-5,7-8,11-12H,6,9-10,13H2,1-3H3,(H,23,26). The highest BCUT2D eigenvalue weighted by molar-refractivity contribution is 5.97. The number of hydrogen-bond acceptors (Lipinski definition) is 8. The second kappa shape index (κ2) is 10.4. The van der Waals surface area contributed by atoms with E-state index in [1.807, 2.05) is 6.07 Å². The molecular formula is C22H24N2O8. The van der Waals surface area contributed by atoms with E-state index < -0.39 is 17.6 Å². The molecule has 0 bridgehead atoms. The zero-order valence-corrected chi connectivity index (χ0v) is 18.0. The van der Waals surface area contributed by atoms with E-state index in [4.69, 9.17) is 23.4 Å². The van der Waals surface area contributed by atoms with Crippen LogP contribution in [0.2, 0.25) is 0 Å². The lowest BCUT2D eigenvalue weighted by Gasteiger charge is -2.14. The van der Waals surface area contributed by atoms with Crippen LogP contribution in [0.5, 0.6) is 17.2 Å². The van der Waals surface area contributed by atoms with Gasteiger partial charge in [0.25, 0.3) is 5.91 Å². The minimum atomic E-state index is -0.602. The van der Waals surface area contributed by atoms with Crippen molar-refractivity contribution >= 4 is 23.0 Å². The average molecular weight is 444 g/mol. The maximum Gasteiger partial charge on any atom is 0.419 e. The Kier molecular flexibility index (Phi) is 7.37. The number of nitrogens with zero attached hydrogens (tertiary/aromatic N) is 1. The zero-order chi connectivity index (χ0) is 23.1. The third-order valence-electron chi connectivity index (χ3n) is 4.68. The Balaban J connectivity index is 1.49. The number of hydrogen-bond donors (Lipinski definition) is 1. The van der Waals surface area contributed by atoms with Gasteiger partial charge >= 0.3 is 11.7 Å². The molecule has 0 atom stereocenters. The Bertz CT molecular complexity index is 1140. The van der Waals surface area contributed by atoms with Gasteiger partial charge in [-0.1, -0.05) is 12.1 Å². The van der Waals surface area contributed by atoms with Gasteiger partial charge in [0.05, 0.1) is 33.5 Å². The quantitative estimate of drug-likeness (QED) is 0.373. The summed E-state index contributed by atoms with van der Waals surface area (Å²) >= 11 is 0. The van der Waals surface area contributed by atoms with Crippen LogP contribution in [0.3, 0.4) is 0 Å². The third kappa shape index (κ3) is 5.02. The van der Waals surface area contributed by atoms with Crippen LogP contribution in [0.15, 0.2) is 45.6 Å². The summed E-state index contributed by atoms with van der Waals surface area (Å²) in [5.41, 5.74) is 1.42. The van der Waals surface area contributed by atoms with Crippen molar-refractivity contribution < 1.29 is 33.0 Å². The Morgan fingerprint density at radius 2 is 1.72 bits per heavy atom. The largest absolute Gasteiger partial charge is 0.493 e. The van der Waals surface area contributed by atoms with Crippen molar-refractivity contribution in [2.24, 2.45) is 0 Å².